The molecule has 0 aliphatic carbocycles. The molecular weight excluding hydrogens is 364 g/mol. The number of unbranched alkanes of at least 4 members (excludes halogenated alkanes) is 1. The van der Waals surface area contributed by atoms with Crippen molar-refractivity contribution in [1.29, 1.82) is 0 Å². The number of nitrogens with zero attached hydrogens (tertiary/aromatic N) is 3. The Kier molecular flexibility index (Phi) is 8.07. The summed E-state index contributed by atoms with van der Waals surface area (Å²) in [6, 6.07) is 12.0. The lowest BCUT2D eigenvalue weighted by Gasteiger charge is -2.36. The van der Waals surface area contributed by atoms with E-state index in [4.69, 9.17) is 4.74 Å². The third kappa shape index (κ3) is 6.61. The number of benzene rings is 1. The first-order chi connectivity index (χ1) is 14.3. The Bertz CT molecular complexity index is 786. The standard InChI is InChI=1S/C23H30N4O2/c1-29-22-9-3-2-8-21(22)27-17-15-26(16-18-27)14-5-4-13-25-23(28)11-10-20-7-6-12-24-19-20/h2-3,6-12,19H,4-5,13-18H2,1H3,(H,25,28)/b11-10+. The third-order valence-corrected chi connectivity index (χ3v) is 5.11. The van der Waals surface area contributed by atoms with E-state index in [9.17, 15) is 4.79 Å². The highest BCUT2D eigenvalue weighted by molar-refractivity contribution is 5.91. The first kappa shape index (κ1) is 20.9. The molecule has 1 saturated heterocycles. The summed E-state index contributed by atoms with van der Waals surface area (Å²) in [5.41, 5.74) is 2.10. The van der Waals surface area contributed by atoms with Gasteiger partial charge in [-0.15, -0.1) is 0 Å². The van der Waals surface area contributed by atoms with Crippen LogP contribution in [0.5, 0.6) is 5.75 Å². The molecule has 1 aliphatic rings. The van der Waals surface area contributed by atoms with Crippen LogP contribution in [0, 0.1) is 0 Å². The molecule has 29 heavy (non-hydrogen) atoms. The Morgan fingerprint density at radius 3 is 2.72 bits per heavy atom. The summed E-state index contributed by atoms with van der Waals surface area (Å²) in [6.07, 6.45) is 8.87. The van der Waals surface area contributed by atoms with Crippen LogP contribution in [0.25, 0.3) is 6.08 Å². The van der Waals surface area contributed by atoms with Crippen LogP contribution in [0.1, 0.15) is 18.4 Å². The number of carbonyl (C=O) groups excluding carboxylic acids is 1. The van der Waals surface area contributed by atoms with Crippen LogP contribution in [0.2, 0.25) is 0 Å². The number of carbonyl (C=O) groups is 1. The van der Waals surface area contributed by atoms with Gasteiger partial charge in [0.25, 0.3) is 0 Å². The van der Waals surface area contributed by atoms with E-state index in [2.05, 4.69) is 32.2 Å². The quantitative estimate of drug-likeness (QED) is 0.524. The number of para-hydroxylation sites is 2. The predicted octanol–water partition coefficient (Wildman–Crippen LogP) is 2.82. The number of aromatic nitrogens is 1. The van der Waals surface area contributed by atoms with E-state index in [-0.39, 0.29) is 5.91 Å². The largest absolute Gasteiger partial charge is 0.495 e. The molecule has 0 bridgehead atoms. The number of piperazine rings is 1. The van der Waals surface area contributed by atoms with Gasteiger partial charge in [0.2, 0.25) is 5.91 Å². The molecule has 1 N–H and O–H groups in total. The fraction of sp³-hybridized carbons (Fsp3) is 0.391. The number of anilines is 1. The van der Waals surface area contributed by atoms with Crippen LogP contribution in [-0.2, 0) is 4.79 Å². The Balaban J connectivity index is 1.29. The smallest absolute Gasteiger partial charge is 0.243 e. The van der Waals surface area contributed by atoms with Crippen LogP contribution in [0.3, 0.4) is 0 Å². The summed E-state index contributed by atoms with van der Waals surface area (Å²) in [6.45, 7) is 5.90. The van der Waals surface area contributed by atoms with Gasteiger partial charge in [0, 0.05) is 51.2 Å². The van der Waals surface area contributed by atoms with Gasteiger partial charge in [-0.05, 0) is 49.2 Å². The van der Waals surface area contributed by atoms with Crippen molar-refractivity contribution in [2.45, 2.75) is 12.8 Å². The lowest BCUT2D eigenvalue weighted by molar-refractivity contribution is -0.116. The average Bonchev–Trinajstić information content (AvgIpc) is 2.78. The summed E-state index contributed by atoms with van der Waals surface area (Å²) < 4.78 is 5.48. The first-order valence-corrected chi connectivity index (χ1v) is 10.2. The minimum Gasteiger partial charge on any atom is -0.495 e. The fourth-order valence-corrected chi connectivity index (χ4v) is 3.48. The zero-order chi connectivity index (χ0) is 20.3. The highest BCUT2D eigenvalue weighted by Crippen LogP contribution is 2.28. The number of rotatable bonds is 9. The zero-order valence-corrected chi connectivity index (χ0v) is 17.1. The van der Waals surface area contributed by atoms with Crippen LogP contribution in [0.15, 0.2) is 54.9 Å². The average molecular weight is 395 g/mol. The minimum absolute atomic E-state index is 0.0562. The van der Waals surface area contributed by atoms with Gasteiger partial charge in [0.1, 0.15) is 5.75 Å². The number of hydrogen-bond donors (Lipinski definition) is 1. The van der Waals surface area contributed by atoms with Gasteiger partial charge in [-0.1, -0.05) is 18.2 Å². The van der Waals surface area contributed by atoms with Gasteiger partial charge < -0.3 is 15.0 Å². The number of pyridine rings is 1. The van der Waals surface area contributed by atoms with E-state index in [0.717, 1.165) is 56.9 Å². The number of methoxy groups -OCH3 is 1. The lowest BCUT2D eigenvalue weighted by Crippen LogP contribution is -2.46. The third-order valence-electron chi connectivity index (χ3n) is 5.11. The molecule has 0 spiro atoms. The summed E-state index contributed by atoms with van der Waals surface area (Å²) in [5.74, 6) is 0.883. The van der Waals surface area contributed by atoms with E-state index in [0.29, 0.717) is 6.54 Å². The fourth-order valence-electron chi connectivity index (χ4n) is 3.48. The Morgan fingerprint density at radius 2 is 1.97 bits per heavy atom. The summed E-state index contributed by atoms with van der Waals surface area (Å²) in [4.78, 5) is 20.8. The second kappa shape index (κ2) is 11.2. The predicted molar refractivity (Wildman–Crippen MR) is 117 cm³/mol. The van der Waals surface area contributed by atoms with Crippen molar-refractivity contribution in [3.8, 4) is 5.75 Å². The van der Waals surface area contributed by atoms with Crippen molar-refractivity contribution < 1.29 is 9.53 Å². The molecule has 1 aromatic carbocycles. The molecule has 6 nitrogen and oxygen atoms in total. The maximum atomic E-state index is 11.9. The second-order valence-electron chi connectivity index (χ2n) is 7.12. The highest BCUT2D eigenvalue weighted by Gasteiger charge is 2.18. The Labute approximate surface area is 173 Å². The molecule has 1 fully saturated rings. The van der Waals surface area contributed by atoms with Crippen molar-refractivity contribution in [3.05, 3.63) is 60.4 Å². The Hall–Kier alpha value is -2.86. The topological polar surface area (TPSA) is 57.7 Å². The van der Waals surface area contributed by atoms with Gasteiger partial charge in [0.15, 0.2) is 0 Å². The van der Waals surface area contributed by atoms with Gasteiger partial charge in [-0.3, -0.25) is 14.7 Å². The molecule has 1 aliphatic heterocycles. The van der Waals surface area contributed by atoms with Crippen molar-refractivity contribution in [3.63, 3.8) is 0 Å². The Morgan fingerprint density at radius 1 is 1.14 bits per heavy atom. The van der Waals surface area contributed by atoms with Crippen LogP contribution in [-0.4, -0.2) is 62.2 Å². The van der Waals surface area contributed by atoms with E-state index < -0.39 is 0 Å². The molecule has 0 radical (unpaired) electrons. The van der Waals surface area contributed by atoms with Crippen LogP contribution in [0.4, 0.5) is 5.69 Å². The van der Waals surface area contributed by atoms with Crippen LogP contribution < -0.4 is 15.0 Å². The van der Waals surface area contributed by atoms with Crippen molar-refractivity contribution in [2.24, 2.45) is 0 Å². The number of amides is 1. The van der Waals surface area contributed by atoms with Crippen molar-refractivity contribution in [1.82, 2.24) is 15.2 Å². The van der Waals surface area contributed by atoms with Gasteiger partial charge >= 0.3 is 0 Å². The minimum atomic E-state index is -0.0562. The maximum absolute atomic E-state index is 11.9. The number of nitrogens with one attached hydrogen (secondary N) is 1. The molecule has 0 unspecified atom stereocenters. The summed E-state index contributed by atoms with van der Waals surface area (Å²) in [7, 11) is 1.72. The van der Waals surface area contributed by atoms with Crippen LogP contribution >= 0.6 is 0 Å². The molecule has 1 aromatic heterocycles. The number of hydrogen-bond acceptors (Lipinski definition) is 5. The van der Waals surface area contributed by atoms with Gasteiger partial charge in [0.05, 0.1) is 12.8 Å². The summed E-state index contributed by atoms with van der Waals surface area (Å²) in [5, 5.41) is 2.95. The maximum Gasteiger partial charge on any atom is 0.243 e. The molecule has 1 amide bonds. The number of ether oxygens (including phenoxy) is 1. The van der Waals surface area contributed by atoms with Gasteiger partial charge in [-0.25, -0.2) is 0 Å². The van der Waals surface area contributed by atoms with Gasteiger partial charge in [-0.2, -0.15) is 0 Å². The van der Waals surface area contributed by atoms with Crippen molar-refractivity contribution >= 4 is 17.7 Å². The second-order valence-corrected chi connectivity index (χ2v) is 7.12. The molecule has 2 heterocycles. The van der Waals surface area contributed by atoms with E-state index in [1.807, 2.05) is 24.3 Å². The monoisotopic (exact) mass is 394 g/mol. The molecule has 6 heteroatoms. The molecule has 154 valence electrons. The van der Waals surface area contributed by atoms with E-state index >= 15 is 0 Å². The normalized spacial score (nSPS) is 14.9. The molecule has 3 rings (SSSR count). The molecule has 0 atom stereocenters. The lowest BCUT2D eigenvalue weighted by atomic mass is 10.2. The summed E-state index contributed by atoms with van der Waals surface area (Å²) >= 11 is 0. The molecular formula is C23H30N4O2. The van der Waals surface area contributed by atoms with E-state index in [1.54, 1.807) is 31.7 Å². The zero-order valence-electron chi connectivity index (χ0n) is 17.1. The first-order valence-electron chi connectivity index (χ1n) is 10.2. The SMILES string of the molecule is COc1ccccc1N1CCN(CCCCNC(=O)/C=C/c2cccnc2)CC1. The molecule has 0 saturated carbocycles. The highest BCUT2D eigenvalue weighted by atomic mass is 16.5. The van der Waals surface area contributed by atoms with Crippen molar-refractivity contribution in [2.75, 3.05) is 51.3 Å². The van der Waals surface area contributed by atoms with E-state index in [1.165, 1.54) is 5.69 Å². The molecule has 2 aromatic rings.